The Labute approximate surface area is 201 Å². The summed E-state index contributed by atoms with van der Waals surface area (Å²) in [5, 5.41) is 3.18. The molecule has 0 aliphatic carbocycles. The van der Waals surface area contributed by atoms with Crippen molar-refractivity contribution in [2.45, 2.75) is 31.2 Å². The Morgan fingerprint density at radius 2 is 1.79 bits per heavy atom. The smallest absolute Gasteiger partial charge is 0.264 e. The molecule has 3 aromatic carbocycles. The zero-order chi connectivity index (χ0) is 24.3. The summed E-state index contributed by atoms with van der Waals surface area (Å²) in [5.74, 6) is 0.378. The van der Waals surface area contributed by atoms with Gasteiger partial charge in [0, 0.05) is 18.8 Å². The van der Waals surface area contributed by atoms with Gasteiger partial charge in [-0.3, -0.25) is 9.10 Å². The van der Waals surface area contributed by atoms with E-state index in [1.165, 1.54) is 23.5 Å². The lowest BCUT2D eigenvalue weighted by Gasteiger charge is -2.25. The molecule has 0 aromatic heterocycles. The first-order valence-corrected chi connectivity index (χ1v) is 12.7. The minimum atomic E-state index is -3.82. The zero-order valence-electron chi connectivity index (χ0n) is 19.6. The van der Waals surface area contributed by atoms with Gasteiger partial charge in [0.15, 0.2) is 0 Å². The number of benzene rings is 3. The van der Waals surface area contributed by atoms with E-state index in [-0.39, 0.29) is 17.3 Å². The van der Waals surface area contributed by atoms with Crippen LogP contribution < -0.4 is 19.3 Å². The van der Waals surface area contributed by atoms with E-state index in [4.69, 9.17) is 4.74 Å². The third-order valence-corrected chi connectivity index (χ3v) is 7.88. The summed E-state index contributed by atoms with van der Waals surface area (Å²) in [6.45, 7) is 4.47. The van der Waals surface area contributed by atoms with E-state index in [0.717, 1.165) is 17.7 Å². The molecule has 1 unspecified atom stereocenters. The van der Waals surface area contributed by atoms with Crippen molar-refractivity contribution in [2.75, 3.05) is 34.7 Å². The molecule has 0 saturated heterocycles. The number of sulfonamides is 1. The van der Waals surface area contributed by atoms with Crippen LogP contribution in [0.1, 0.15) is 19.4 Å². The molecule has 1 amide bonds. The number of para-hydroxylation sites is 2. The van der Waals surface area contributed by atoms with Gasteiger partial charge >= 0.3 is 0 Å². The Balaban J connectivity index is 1.61. The maximum Gasteiger partial charge on any atom is 0.264 e. The molecule has 1 atom stereocenters. The molecule has 0 radical (unpaired) electrons. The molecule has 3 aromatic rings. The predicted octanol–water partition coefficient (Wildman–Crippen LogP) is 4.30. The first-order valence-electron chi connectivity index (χ1n) is 11.3. The van der Waals surface area contributed by atoms with Gasteiger partial charge in [0.1, 0.15) is 11.8 Å². The van der Waals surface area contributed by atoms with Gasteiger partial charge in [-0.25, -0.2) is 8.42 Å². The Morgan fingerprint density at radius 3 is 2.50 bits per heavy atom. The Bertz CT molecular complexity index is 1280. The maximum atomic E-state index is 13.5. The highest BCUT2D eigenvalue weighted by molar-refractivity contribution is 7.92. The summed E-state index contributed by atoms with van der Waals surface area (Å²) < 4.78 is 33.7. The molecule has 178 valence electrons. The standard InChI is InChI=1S/C26H29N3O4S/c1-4-29(21-11-6-5-7-12-21)34(31,32)22-14-15-25(33-3)23(18-22)27-19(2)26(30)28-17-16-20-10-8-9-13-24(20)28/h5-15,18-19,27H,4,16-17H2,1-3H3. The van der Waals surface area contributed by atoms with Gasteiger partial charge in [0.05, 0.1) is 23.4 Å². The summed E-state index contributed by atoms with van der Waals surface area (Å²) >= 11 is 0. The van der Waals surface area contributed by atoms with Crippen LogP contribution in [-0.4, -0.2) is 40.6 Å². The second-order valence-electron chi connectivity index (χ2n) is 8.10. The van der Waals surface area contributed by atoms with Crippen LogP contribution in [0.5, 0.6) is 5.75 Å². The summed E-state index contributed by atoms with van der Waals surface area (Å²) in [4.78, 5) is 15.1. The molecular weight excluding hydrogens is 450 g/mol. The van der Waals surface area contributed by atoms with Gasteiger partial charge in [0.25, 0.3) is 10.0 Å². The number of amides is 1. The third-order valence-electron chi connectivity index (χ3n) is 5.99. The van der Waals surface area contributed by atoms with E-state index < -0.39 is 16.1 Å². The SMILES string of the molecule is CCN(c1ccccc1)S(=O)(=O)c1ccc(OC)c(NC(C)C(=O)N2CCc3ccccc32)c1. The lowest BCUT2D eigenvalue weighted by atomic mass is 10.2. The molecule has 0 saturated carbocycles. The van der Waals surface area contributed by atoms with Crippen LogP contribution in [0.15, 0.2) is 77.7 Å². The normalized spacial score (nSPS) is 13.8. The number of ether oxygens (including phenoxy) is 1. The van der Waals surface area contributed by atoms with Crippen molar-refractivity contribution in [2.24, 2.45) is 0 Å². The summed E-state index contributed by atoms with van der Waals surface area (Å²) in [6, 6.07) is 20.9. The summed E-state index contributed by atoms with van der Waals surface area (Å²) in [5.41, 5.74) is 3.10. The van der Waals surface area contributed by atoms with Crippen molar-refractivity contribution in [3.63, 3.8) is 0 Å². The van der Waals surface area contributed by atoms with E-state index in [1.54, 1.807) is 49.1 Å². The van der Waals surface area contributed by atoms with Gasteiger partial charge < -0.3 is 15.0 Å². The van der Waals surface area contributed by atoms with Crippen molar-refractivity contribution in [3.8, 4) is 5.75 Å². The van der Waals surface area contributed by atoms with Crippen LogP contribution in [0.3, 0.4) is 0 Å². The van der Waals surface area contributed by atoms with Gasteiger partial charge in [-0.15, -0.1) is 0 Å². The van der Waals surface area contributed by atoms with Crippen LogP contribution in [0, 0.1) is 0 Å². The Hall–Kier alpha value is -3.52. The fourth-order valence-electron chi connectivity index (χ4n) is 4.27. The van der Waals surface area contributed by atoms with Crippen LogP contribution in [-0.2, 0) is 21.2 Å². The molecule has 1 aliphatic heterocycles. The molecule has 7 nitrogen and oxygen atoms in total. The zero-order valence-corrected chi connectivity index (χ0v) is 20.4. The van der Waals surface area contributed by atoms with Crippen molar-refractivity contribution < 1.29 is 17.9 Å². The molecule has 8 heteroatoms. The molecule has 1 aliphatic rings. The minimum Gasteiger partial charge on any atom is -0.495 e. The monoisotopic (exact) mass is 479 g/mol. The number of hydrogen-bond acceptors (Lipinski definition) is 5. The van der Waals surface area contributed by atoms with E-state index in [1.807, 2.05) is 30.3 Å². The quantitative estimate of drug-likeness (QED) is 0.521. The van der Waals surface area contributed by atoms with Crippen molar-refractivity contribution in [3.05, 3.63) is 78.4 Å². The number of rotatable bonds is 8. The first-order chi connectivity index (χ1) is 16.4. The second kappa shape index (κ2) is 9.77. The third kappa shape index (κ3) is 4.46. The average Bonchev–Trinajstić information content (AvgIpc) is 3.28. The second-order valence-corrected chi connectivity index (χ2v) is 9.96. The van der Waals surface area contributed by atoms with E-state index in [0.29, 0.717) is 23.7 Å². The van der Waals surface area contributed by atoms with E-state index in [2.05, 4.69) is 5.32 Å². The number of hydrogen-bond donors (Lipinski definition) is 1. The summed E-state index contributed by atoms with van der Waals surface area (Å²) in [7, 11) is -2.31. The fraction of sp³-hybridized carbons (Fsp3) is 0.269. The Morgan fingerprint density at radius 1 is 1.09 bits per heavy atom. The number of nitrogens with one attached hydrogen (secondary N) is 1. The molecule has 0 spiro atoms. The number of nitrogens with zero attached hydrogens (tertiary/aromatic N) is 2. The summed E-state index contributed by atoms with van der Waals surface area (Å²) in [6.07, 6.45) is 0.817. The van der Waals surface area contributed by atoms with Gasteiger partial charge in [-0.1, -0.05) is 36.4 Å². The number of anilines is 3. The molecular formula is C26H29N3O4S. The number of fused-ring (bicyclic) bond motifs is 1. The van der Waals surface area contributed by atoms with Crippen LogP contribution in [0.2, 0.25) is 0 Å². The number of methoxy groups -OCH3 is 1. The highest BCUT2D eigenvalue weighted by Crippen LogP contribution is 2.32. The number of carbonyl (C=O) groups is 1. The predicted molar refractivity (Wildman–Crippen MR) is 135 cm³/mol. The Kier molecular flexibility index (Phi) is 6.79. The first kappa shape index (κ1) is 23.6. The molecule has 1 N–H and O–H groups in total. The van der Waals surface area contributed by atoms with E-state index >= 15 is 0 Å². The fourth-order valence-corrected chi connectivity index (χ4v) is 5.77. The van der Waals surface area contributed by atoms with Gasteiger partial charge in [-0.2, -0.15) is 0 Å². The topological polar surface area (TPSA) is 79.0 Å². The highest BCUT2D eigenvalue weighted by Gasteiger charge is 2.29. The van der Waals surface area contributed by atoms with Crippen LogP contribution >= 0.6 is 0 Å². The average molecular weight is 480 g/mol. The maximum absolute atomic E-state index is 13.5. The lowest BCUT2D eigenvalue weighted by Crippen LogP contribution is -2.40. The van der Waals surface area contributed by atoms with E-state index in [9.17, 15) is 13.2 Å². The van der Waals surface area contributed by atoms with Crippen molar-refractivity contribution >= 4 is 33.0 Å². The van der Waals surface area contributed by atoms with Crippen LogP contribution in [0.4, 0.5) is 17.1 Å². The molecule has 0 bridgehead atoms. The van der Waals surface area contributed by atoms with Gasteiger partial charge in [0.2, 0.25) is 5.91 Å². The van der Waals surface area contributed by atoms with Crippen LogP contribution in [0.25, 0.3) is 0 Å². The molecule has 0 fully saturated rings. The number of carbonyl (C=O) groups excluding carboxylic acids is 1. The van der Waals surface area contributed by atoms with Gasteiger partial charge in [-0.05, 0) is 62.2 Å². The van der Waals surface area contributed by atoms with Crippen molar-refractivity contribution in [1.29, 1.82) is 0 Å². The molecule has 34 heavy (non-hydrogen) atoms. The largest absolute Gasteiger partial charge is 0.495 e. The highest BCUT2D eigenvalue weighted by atomic mass is 32.2. The minimum absolute atomic E-state index is 0.0836. The van der Waals surface area contributed by atoms with Crippen molar-refractivity contribution in [1.82, 2.24) is 0 Å². The molecule has 4 rings (SSSR count). The lowest BCUT2D eigenvalue weighted by molar-refractivity contribution is -0.118. The molecule has 1 heterocycles.